The van der Waals surface area contributed by atoms with Crippen LogP contribution < -0.4 is 0 Å². The van der Waals surface area contributed by atoms with E-state index in [-0.39, 0.29) is 5.88 Å². The maximum atomic E-state index is 10.5. The average molecular weight is 359 g/mol. The number of fused-ring (bicyclic) bond motifs is 2. The van der Waals surface area contributed by atoms with E-state index in [1.807, 2.05) is 18.2 Å². The van der Waals surface area contributed by atoms with Gasteiger partial charge >= 0.3 is 0 Å². The van der Waals surface area contributed by atoms with E-state index in [2.05, 4.69) is 41.5 Å². The van der Waals surface area contributed by atoms with Crippen LogP contribution in [0.4, 0.5) is 0 Å². The quantitative estimate of drug-likeness (QED) is 0.574. The van der Waals surface area contributed by atoms with Gasteiger partial charge in [-0.2, -0.15) is 9.61 Å². The minimum absolute atomic E-state index is 0.241. The minimum Gasteiger partial charge on any atom is -0.493 e. The molecule has 0 fully saturated rings. The van der Waals surface area contributed by atoms with Crippen molar-refractivity contribution in [2.24, 2.45) is 0 Å². The SMILES string of the molecule is Oc1c2c(nc3c(-c4ccc(Sc5ccccc5)cc4)cnn13)CCC2. The summed E-state index contributed by atoms with van der Waals surface area (Å²) >= 11 is 1.74. The lowest BCUT2D eigenvalue weighted by molar-refractivity contribution is 0.429. The lowest BCUT2D eigenvalue weighted by atomic mass is 10.1. The molecule has 26 heavy (non-hydrogen) atoms. The number of nitrogens with zero attached hydrogens (tertiary/aromatic N) is 3. The van der Waals surface area contributed by atoms with Gasteiger partial charge in [0.25, 0.3) is 0 Å². The first-order valence-electron chi connectivity index (χ1n) is 8.71. The van der Waals surface area contributed by atoms with Gasteiger partial charge in [-0.1, -0.05) is 42.1 Å². The zero-order valence-corrected chi connectivity index (χ0v) is 14.9. The molecule has 2 aromatic heterocycles. The predicted molar refractivity (Wildman–Crippen MR) is 103 cm³/mol. The lowest BCUT2D eigenvalue weighted by Crippen LogP contribution is -1.98. The number of aromatic hydroxyl groups is 1. The summed E-state index contributed by atoms with van der Waals surface area (Å²) in [6.45, 7) is 0. The Labute approximate surface area is 155 Å². The highest BCUT2D eigenvalue weighted by Crippen LogP contribution is 2.34. The van der Waals surface area contributed by atoms with Gasteiger partial charge in [-0.25, -0.2) is 4.98 Å². The molecule has 128 valence electrons. The van der Waals surface area contributed by atoms with E-state index in [0.29, 0.717) is 0 Å². The Balaban J connectivity index is 1.51. The molecule has 2 heterocycles. The molecule has 0 radical (unpaired) electrons. The van der Waals surface area contributed by atoms with Crippen molar-refractivity contribution >= 4 is 17.4 Å². The lowest BCUT2D eigenvalue weighted by Gasteiger charge is -2.06. The fraction of sp³-hybridized carbons (Fsp3) is 0.143. The third-order valence-corrected chi connectivity index (χ3v) is 5.80. The Morgan fingerprint density at radius 3 is 2.50 bits per heavy atom. The molecule has 4 nitrogen and oxygen atoms in total. The molecule has 2 aromatic carbocycles. The van der Waals surface area contributed by atoms with Crippen molar-refractivity contribution in [3.63, 3.8) is 0 Å². The van der Waals surface area contributed by atoms with Crippen LogP contribution in [0.1, 0.15) is 17.7 Å². The summed E-state index contributed by atoms with van der Waals surface area (Å²) in [5, 5.41) is 14.9. The van der Waals surface area contributed by atoms with Crippen molar-refractivity contribution in [3.05, 3.63) is 72.1 Å². The Hall–Kier alpha value is -2.79. The highest BCUT2D eigenvalue weighted by molar-refractivity contribution is 7.99. The Bertz CT molecular complexity index is 1090. The second-order valence-corrected chi connectivity index (χ2v) is 7.59. The smallest absolute Gasteiger partial charge is 0.219 e. The molecule has 0 unspecified atom stereocenters. The van der Waals surface area contributed by atoms with Crippen LogP contribution in [0.5, 0.6) is 5.88 Å². The van der Waals surface area contributed by atoms with Crippen LogP contribution in [0.15, 0.2) is 70.6 Å². The van der Waals surface area contributed by atoms with Crippen molar-refractivity contribution in [2.45, 2.75) is 29.1 Å². The van der Waals surface area contributed by atoms with Crippen LogP contribution in [-0.2, 0) is 12.8 Å². The molecule has 0 spiro atoms. The van der Waals surface area contributed by atoms with Gasteiger partial charge in [0.15, 0.2) is 5.65 Å². The monoisotopic (exact) mass is 359 g/mol. The second kappa shape index (κ2) is 6.18. The molecule has 4 aromatic rings. The summed E-state index contributed by atoms with van der Waals surface area (Å²) in [6.07, 6.45) is 4.64. The average Bonchev–Trinajstić information content (AvgIpc) is 3.31. The topological polar surface area (TPSA) is 50.4 Å². The van der Waals surface area contributed by atoms with E-state index in [1.54, 1.807) is 22.5 Å². The molecule has 1 aliphatic carbocycles. The second-order valence-electron chi connectivity index (χ2n) is 6.45. The maximum absolute atomic E-state index is 10.5. The Morgan fingerprint density at radius 1 is 0.923 bits per heavy atom. The number of hydrogen-bond acceptors (Lipinski definition) is 4. The van der Waals surface area contributed by atoms with Gasteiger partial charge in [0, 0.05) is 20.9 Å². The summed E-state index contributed by atoms with van der Waals surface area (Å²) in [6, 6.07) is 18.8. The van der Waals surface area contributed by atoms with E-state index in [4.69, 9.17) is 4.98 Å². The van der Waals surface area contributed by atoms with E-state index >= 15 is 0 Å². The molecule has 5 heteroatoms. The summed E-state index contributed by atoms with van der Waals surface area (Å²) in [7, 11) is 0. The third kappa shape index (κ3) is 2.56. The van der Waals surface area contributed by atoms with Crippen LogP contribution in [0.25, 0.3) is 16.8 Å². The molecular formula is C21H17N3OS. The van der Waals surface area contributed by atoms with Crippen LogP contribution in [-0.4, -0.2) is 19.7 Å². The van der Waals surface area contributed by atoms with Gasteiger partial charge in [0.2, 0.25) is 5.88 Å². The number of hydrogen-bond donors (Lipinski definition) is 1. The summed E-state index contributed by atoms with van der Waals surface area (Å²) in [5.74, 6) is 0.241. The van der Waals surface area contributed by atoms with E-state index in [0.717, 1.165) is 47.3 Å². The van der Waals surface area contributed by atoms with E-state index in [1.165, 1.54) is 9.79 Å². The van der Waals surface area contributed by atoms with E-state index in [9.17, 15) is 5.11 Å². The van der Waals surface area contributed by atoms with Gasteiger partial charge < -0.3 is 5.11 Å². The highest BCUT2D eigenvalue weighted by Gasteiger charge is 2.22. The Kier molecular flexibility index (Phi) is 3.68. The zero-order valence-electron chi connectivity index (χ0n) is 14.1. The van der Waals surface area contributed by atoms with Crippen LogP contribution in [0.3, 0.4) is 0 Å². The number of benzene rings is 2. The van der Waals surface area contributed by atoms with Gasteiger partial charge in [-0.05, 0) is 49.1 Å². The summed E-state index contributed by atoms with van der Waals surface area (Å²) in [5.41, 5.74) is 4.69. The molecule has 0 aliphatic heterocycles. The van der Waals surface area contributed by atoms with Gasteiger partial charge in [0.1, 0.15) is 0 Å². The molecule has 0 saturated heterocycles. The maximum Gasteiger partial charge on any atom is 0.219 e. The van der Waals surface area contributed by atoms with Crippen LogP contribution >= 0.6 is 11.8 Å². The highest BCUT2D eigenvalue weighted by atomic mass is 32.2. The fourth-order valence-electron chi connectivity index (χ4n) is 3.48. The van der Waals surface area contributed by atoms with Crippen LogP contribution in [0, 0.1) is 0 Å². The summed E-state index contributed by atoms with van der Waals surface area (Å²) in [4.78, 5) is 7.19. The third-order valence-electron chi connectivity index (χ3n) is 4.79. The zero-order chi connectivity index (χ0) is 17.5. The normalized spacial score (nSPS) is 13.2. The molecule has 0 amide bonds. The van der Waals surface area contributed by atoms with E-state index < -0.39 is 0 Å². The number of aromatic nitrogens is 3. The van der Waals surface area contributed by atoms with Gasteiger partial charge in [0.05, 0.1) is 11.9 Å². The van der Waals surface area contributed by atoms with Crippen molar-refractivity contribution in [3.8, 4) is 17.0 Å². The van der Waals surface area contributed by atoms with Crippen molar-refractivity contribution in [2.75, 3.05) is 0 Å². The first-order chi connectivity index (χ1) is 12.8. The number of aryl methyl sites for hydroxylation is 1. The van der Waals surface area contributed by atoms with Gasteiger partial charge in [-0.3, -0.25) is 0 Å². The first kappa shape index (κ1) is 15.5. The molecule has 5 rings (SSSR count). The molecule has 0 bridgehead atoms. The fourth-order valence-corrected chi connectivity index (χ4v) is 4.32. The summed E-state index contributed by atoms with van der Waals surface area (Å²) < 4.78 is 1.56. The molecule has 0 atom stereocenters. The standard InChI is InChI=1S/C21H17N3OS/c25-21-17-7-4-8-19(17)23-20-18(13-22-24(20)21)14-9-11-16(12-10-14)26-15-5-2-1-3-6-15/h1-3,5-6,9-13,25H,4,7-8H2. The minimum atomic E-state index is 0.241. The largest absolute Gasteiger partial charge is 0.493 e. The Morgan fingerprint density at radius 2 is 1.69 bits per heavy atom. The molecule has 0 saturated carbocycles. The van der Waals surface area contributed by atoms with Crippen molar-refractivity contribution < 1.29 is 5.11 Å². The molecular weight excluding hydrogens is 342 g/mol. The van der Waals surface area contributed by atoms with Crippen molar-refractivity contribution in [1.29, 1.82) is 0 Å². The van der Waals surface area contributed by atoms with Crippen molar-refractivity contribution in [1.82, 2.24) is 14.6 Å². The van der Waals surface area contributed by atoms with Gasteiger partial charge in [-0.15, -0.1) is 0 Å². The van der Waals surface area contributed by atoms with Crippen LogP contribution in [0.2, 0.25) is 0 Å². The molecule has 1 aliphatic rings. The first-order valence-corrected chi connectivity index (χ1v) is 9.53. The number of rotatable bonds is 3. The molecule has 1 N–H and O–H groups in total. The predicted octanol–water partition coefficient (Wildman–Crippen LogP) is 4.74.